The van der Waals surface area contributed by atoms with E-state index in [2.05, 4.69) is 12.2 Å². The third kappa shape index (κ3) is 7.63. The van der Waals surface area contributed by atoms with Crippen molar-refractivity contribution in [2.45, 2.75) is 32.6 Å². The summed E-state index contributed by atoms with van der Waals surface area (Å²) in [5.41, 5.74) is 0.496. The third-order valence-corrected chi connectivity index (χ3v) is 2.70. The van der Waals surface area contributed by atoms with E-state index >= 15 is 0 Å². The van der Waals surface area contributed by atoms with Crippen molar-refractivity contribution in [2.24, 2.45) is 0 Å². The van der Waals surface area contributed by atoms with Gasteiger partial charge in [0.25, 0.3) is 0 Å². The Bertz CT molecular complexity index is 395. The van der Waals surface area contributed by atoms with Gasteiger partial charge in [-0.15, -0.1) is 0 Å². The Hall–Kier alpha value is -1.75. The normalized spacial score (nSPS) is 10.2. The molecule has 1 aromatic rings. The van der Waals surface area contributed by atoms with Crippen molar-refractivity contribution in [3.05, 3.63) is 24.3 Å². The molecule has 0 aliphatic carbocycles. The summed E-state index contributed by atoms with van der Waals surface area (Å²) < 4.78 is 10.3. The fourth-order valence-corrected chi connectivity index (χ4v) is 1.66. The van der Waals surface area contributed by atoms with Crippen LogP contribution in [0.2, 0.25) is 0 Å². The van der Waals surface area contributed by atoms with Crippen LogP contribution in [-0.4, -0.2) is 31.0 Å². The van der Waals surface area contributed by atoms with E-state index in [4.69, 9.17) is 9.47 Å². The highest BCUT2D eigenvalue weighted by atomic mass is 16.6. The van der Waals surface area contributed by atoms with Gasteiger partial charge in [0.1, 0.15) is 12.4 Å². The predicted molar refractivity (Wildman–Crippen MR) is 78.0 cm³/mol. The van der Waals surface area contributed by atoms with E-state index in [0.717, 1.165) is 6.42 Å². The van der Waals surface area contributed by atoms with Crippen LogP contribution in [-0.2, 0) is 9.47 Å². The number of benzene rings is 1. The Morgan fingerprint density at radius 3 is 2.80 bits per heavy atom. The second kappa shape index (κ2) is 10.1. The number of phenolic OH excluding ortho intramolecular Hbond substituents is 1. The van der Waals surface area contributed by atoms with Crippen LogP contribution < -0.4 is 5.32 Å². The molecule has 0 heterocycles. The summed E-state index contributed by atoms with van der Waals surface area (Å²) in [6, 6.07) is 6.30. The minimum Gasteiger partial charge on any atom is -0.508 e. The van der Waals surface area contributed by atoms with Crippen molar-refractivity contribution in [3.8, 4) is 5.75 Å². The molecular formula is C15H23NO4. The summed E-state index contributed by atoms with van der Waals surface area (Å²) in [5.74, 6) is 0.0956. The third-order valence-electron chi connectivity index (χ3n) is 2.70. The van der Waals surface area contributed by atoms with Crippen molar-refractivity contribution in [2.75, 3.05) is 25.1 Å². The van der Waals surface area contributed by atoms with Crippen molar-refractivity contribution < 1.29 is 19.4 Å². The van der Waals surface area contributed by atoms with Gasteiger partial charge in [-0.05, 0) is 18.6 Å². The van der Waals surface area contributed by atoms with Crippen LogP contribution in [0.1, 0.15) is 32.6 Å². The highest BCUT2D eigenvalue weighted by molar-refractivity contribution is 5.84. The molecule has 112 valence electrons. The highest BCUT2D eigenvalue weighted by Crippen LogP contribution is 2.15. The van der Waals surface area contributed by atoms with Crippen LogP contribution in [0.25, 0.3) is 0 Å². The van der Waals surface area contributed by atoms with Gasteiger partial charge in [-0.1, -0.05) is 32.3 Å². The molecule has 0 unspecified atom stereocenters. The standard InChI is InChI=1S/C15H23NO4/c1-2-3-4-5-9-19-10-11-20-15(18)16-13-7-6-8-14(17)12-13/h6-8,12,17H,2-5,9-11H2,1H3,(H,16,18). The van der Waals surface area contributed by atoms with E-state index in [-0.39, 0.29) is 12.4 Å². The monoisotopic (exact) mass is 281 g/mol. The Kier molecular flexibility index (Phi) is 8.22. The van der Waals surface area contributed by atoms with Crippen molar-refractivity contribution in [1.82, 2.24) is 0 Å². The van der Waals surface area contributed by atoms with E-state index in [1.165, 1.54) is 31.4 Å². The summed E-state index contributed by atoms with van der Waals surface area (Å²) in [5, 5.41) is 11.8. The van der Waals surface area contributed by atoms with Gasteiger partial charge >= 0.3 is 6.09 Å². The lowest BCUT2D eigenvalue weighted by molar-refractivity contribution is 0.0762. The number of rotatable bonds is 9. The summed E-state index contributed by atoms with van der Waals surface area (Å²) in [7, 11) is 0. The molecule has 0 aromatic heterocycles. The second-order valence-electron chi connectivity index (χ2n) is 4.48. The maximum Gasteiger partial charge on any atom is 0.411 e. The molecule has 1 amide bonds. The number of phenols is 1. The van der Waals surface area contributed by atoms with Gasteiger partial charge in [0, 0.05) is 18.4 Å². The zero-order valence-electron chi connectivity index (χ0n) is 11.9. The second-order valence-corrected chi connectivity index (χ2v) is 4.48. The van der Waals surface area contributed by atoms with Gasteiger partial charge in [0.05, 0.1) is 6.61 Å². The van der Waals surface area contributed by atoms with E-state index in [1.54, 1.807) is 12.1 Å². The summed E-state index contributed by atoms with van der Waals surface area (Å²) in [4.78, 5) is 11.4. The van der Waals surface area contributed by atoms with Gasteiger partial charge in [-0.2, -0.15) is 0 Å². The SMILES string of the molecule is CCCCCCOCCOC(=O)Nc1cccc(O)c1. The molecule has 0 saturated carbocycles. The summed E-state index contributed by atoms with van der Waals surface area (Å²) in [6.07, 6.45) is 4.11. The number of hydrogen-bond acceptors (Lipinski definition) is 4. The first-order valence-corrected chi connectivity index (χ1v) is 7.03. The van der Waals surface area contributed by atoms with Crippen LogP contribution in [0.15, 0.2) is 24.3 Å². The minimum atomic E-state index is -0.551. The molecule has 0 bridgehead atoms. The molecule has 20 heavy (non-hydrogen) atoms. The number of carbonyl (C=O) groups excluding carboxylic acids is 1. The highest BCUT2D eigenvalue weighted by Gasteiger charge is 2.03. The number of carbonyl (C=O) groups is 1. The zero-order valence-corrected chi connectivity index (χ0v) is 11.9. The largest absolute Gasteiger partial charge is 0.508 e. The summed E-state index contributed by atoms with van der Waals surface area (Å²) >= 11 is 0. The first-order chi connectivity index (χ1) is 9.72. The molecule has 2 N–H and O–H groups in total. The molecule has 0 fully saturated rings. The smallest absolute Gasteiger partial charge is 0.411 e. The number of ether oxygens (including phenoxy) is 2. The Morgan fingerprint density at radius 1 is 1.20 bits per heavy atom. The molecule has 0 spiro atoms. The Labute approximate surface area is 119 Å². The topological polar surface area (TPSA) is 67.8 Å². The zero-order chi connectivity index (χ0) is 14.6. The van der Waals surface area contributed by atoms with Crippen LogP contribution in [0.3, 0.4) is 0 Å². The molecule has 0 atom stereocenters. The maximum absolute atomic E-state index is 11.4. The van der Waals surface area contributed by atoms with E-state index in [0.29, 0.717) is 18.9 Å². The number of unbranched alkanes of at least 4 members (excludes halogenated alkanes) is 3. The average Bonchev–Trinajstić information content (AvgIpc) is 2.42. The lowest BCUT2D eigenvalue weighted by Crippen LogP contribution is -2.16. The van der Waals surface area contributed by atoms with Crippen molar-refractivity contribution in [3.63, 3.8) is 0 Å². The molecule has 0 radical (unpaired) electrons. The van der Waals surface area contributed by atoms with E-state index in [9.17, 15) is 9.90 Å². The summed E-state index contributed by atoms with van der Waals surface area (Å²) in [6.45, 7) is 3.50. The minimum absolute atomic E-state index is 0.0956. The van der Waals surface area contributed by atoms with Crippen LogP contribution in [0.4, 0.5) is 10.5 Å². The molecule has 1 rings (SSSR count). The number of nitrogens with one attached hydrogen (secondary N) is 1. The molecule has 5 heteroatoms. The van der Waals surface area contributed by atoms with Crippen molar-refractivity contribution in [1.29, 1.82) is 0 Å². The first-order valence-electron chi connectivity index (χ1n) is 7.03. The quantitative estimate of drug-likeness (QED) is 0.679. The molecule has 1 aromatic carbocycles. The van der Waals surface area contributed by atoms with Crippen LogP contribution >= 0.6 is 0 Å². The Balaban J connectivity index is 2.03. The van der Waals surface area contributed by atoms with Gasteiger partial charge in [0.2, 0.25) is 0 Å². The number of hydrogen-bond donors (Lipinski definition) is 2. The molecule has 0 saturated heterocycles. The number of amides is 1. The molecular weight excluding hydrogens is 258 g/mol. The molecule has 0 aliphatic rings. The number of aromatic hydroxyl groups is 1. The number of anilines is 1. The first kappa shape index (κ1) is 16.3. The van der Waals surface area contributed by atoms with Gasteiger partial charge in [0.15, 0.2) is 0 Å². The van der Waals surface area contributed by atoms with Crippen LogP contribution in [0.5, 0.6) is 5.75 Å². The van der Waals surface area contributed by atoms with Gasteiger partial charge < -0.3 is 14.6 Å². The van der Waals surface area contributed by atoms with Gasteiger partial charge in [-0.3, -0.25) is 5.32 Å². The molecule has 0 aliphatic heterocycles. The van der Waals surface area contributed by atoms with E-state index < -0.39 is 6.09 Å². The fraction of sp³-hybridized carbons (Fsp3) is 0.533. The van der Waals surface area contributed by atoms with Gasteiger partial charge in [-0.25, -0.2) is 4.79 Å². The fourth-order valence-electron chi connectivity index (χ4n) is 1.66. The predicted octanol–water partition coefficient (Wildman–Crippen LogP) is 3.54. The lowest BCUT2D eigenvalue weighted by atomic mass is 10.2. The van der Waals surface area contributed by atoms with E-state index in [1.807, 2.05) is 0 Å². The molecule has 5 nitrogen and oxygen atoms in total. The average molecular weight is 281 g/mol. The van der Waals surface area contributed by atoms with Crippen molar-refractivity contribution >= 4 is 11.8 Å². The maximum atomic E-state index is 11.4. The Morgan fingerprint density at radius 2 is 2.05 bits per heavy atom. The van der Waals surface area contributed by atoms with Crippen LogP contribution in [0, 0.1) is 0 Å². The lowest BCUT2D eigenvalue weighted by Gasteiger charge is -2.07.